The molecule has 0 unspecified atom stereocenters. The predicted molar refractivity (Wildman–Crippen MR) is 72.9 cm³/mol. The standard InChI is InChI=1S/C15H13N3/c16-8-11-7-12(10-17-9-11)13-3-1-5-15-14(13)4-2-6-18-15/h1-7,9-10H,8,16H2. The van der Waals surface area contributed by atoms with Crippen LogP contribution < -0.4 is 5.73 Å². The molecule has 0 fully saturated rings. The van der Waals surface area contributed by atoms with E-state index in [0.717, 1.165) is 27.6 Å². The van der Waals surface area contributed by atoms with Crippen LogP contribution in [0.3, 0.4) is 0 Å². The van der Waals surface area contributed by atoms with Crippen molar-refractivity contribution in [3.05, 3.63) is 60.6 Å². The molecule has 2 aromatic heterocycles. The maximum atomic E-state index is 5.66. The third kappa shape index (κ3) is 1.85. The Morgan fingerprint density at radius 2 is 2.00 bits per heavy atom. The topological polar surface area (TPSA) is 51.8 Å². The number of aromatic nitrogens is 2. The van der Waals surface area contributed by atoms with Crippen molar-refractivity contribution in [2.45, 2.75) is 6.54 Å². The number of benzene rings is 1. The van der Waals surface area contributed by atoms with Gasteiger partial charge in [-0.05, 0) is 29.3 Å². The van der Waals surface area contributed by atoms with Crippen molar-refractivity contribution in [3.63, 3.8) is 0 Å². The zero-order valence-electron chi connectivity index (χ0n) is 9.88. The molecule has 0 amide bonds. The van der Waals surface area contributed by atoms with E-state index in [2.05, 4.69) is 28.2 Å². The molecule has 0 saturated heterocycles. The van der Waals surface area contributed by atoms with Crippen LogP contribution in [-0.2, 0) is 6.54 Å². The summed E-state index contributed by atoms with van der Waals surface area (Å²) in [5, 5.41) is 1.14. The normalized spacial score (nSPS) is 10.7. The molecule has 0 aliphatic heterocycles. The smallest absolute Gasteiger partial charge is 0.0708 e. The van der Waals surface area contributed by atoms with Crippen molar-refractivity contribution in [3.8, 4) is 11.1 Å². The zero-order chi connectivity index (χ0) is 12.4. The van der Waals surface area contributed by atoms with E-state index in [1.807, 2.05) is 24.4 Å². The lowest BCUT2D eigenvalue weighted by Gasteiger charge is -2.07. The molecule has 2 N–H and O–H groups in total. The quantitative estimate of drug-likeness (QED) is 0.743. The number of hydrogen-bond acceptors (Lipinski definition) is 3. The van der Waals surface area contributed by atoms with Gasteiger partial charge in [-0.1, -0.05) is 18.2 Å². The number of nitrogens with zero attached hydrogens (tertiary/aromatic N) is 2. The van der Waals surface area contributed by atoms with Gasteiger partial charge in [0.15, 0.2) is 0 Å². The largest absolute Gasteiger partial charge is 0.326 e. The lowest BCUT2D eigenvalue weighted by atomic mass is 10.0. The van der Waals surface area contributed by atoms with E-state index in [0.29, 0.717) is 6.54 Å². The molecule has 3 heteroatoms. The molecular formula is C15H13N3. The lowest BCUT2D eigenvalue weighted by molar-refractivity contribution is 1.05. The van der Waals surface area contributed by atoms with Crippen LogP contribution in [0.4, 0.5) is 0 Å². The van der Waals surface area contributed by atoms with Gasteiger partial charge in [-0.2, -0.15) is 0 Å². The highest BCUT2D eigenvalue weighted by Crippen LogP contribution is 2.27. The molecule has 2 heterocycles. The third-order valence-electron chi connectivity index (χ3n) is 2.99. The molecule has 0 aliphatic rings. The Bertz CT molecular complexity index is 687. The van der Waals surface area contributed by atoms with E-state index in [-0.39, 0.29) is 0 Å². The van der Waals surface area contributed by atoms with Crippen LogP contribution in [0.5, 0.6) is 0 Å². The molecular weight excluding hydrogens is 222 g/mol. The fourth-order valence-electron chi connectivity index (χ4n) is 2.10. The first-order valence-corrected chi connectivity index (χ1v) is 5.86. The Hall–Kier alpha value is -2.26. The van der Waals surface area contributed by atoms with Crippen molar-refractivity contribution < 1.29 is 0 Å². The molecule has 0 bridgehead atoms. The summed E-state index contributed by atoms with van der Waals surface area (Å²) in [5.41, 5.74) is 9.91. The molecule has 0 saturated carbocycles. The summed E-state index contributed by atoms with van der Waals surface area (Å²) in [6.45, 7) is 0.504. The van der Waals surface area contributed by atoms with Gasteiger partial charge in [0, 0.05) is 36.1 Å². The van der Waals surface area contributed by atoms with Gasteiger partial charge in [0.1, 0.15) is 0 Å². The highest BCUT2D eigenvalue weighted by Gasteiger charge is 2.04. The average Bonchev–Trinajstić information content (AvgIpc) is 2.47. The predicted octanol–water partition coefficient (Wildman–Crippen LogP) is 2.76. The number of pyridine rings is 2. The Balaban J connectivity index is 2.24. The van der Waals surface area contributed by atoms with Crippen molar-refractivity contribution >= 4 is 10.9 Å². The average molecular weight is 235 g/mol. The van der Waals surface area contributed by atoms with Gasteiger partial charge in [0.2, 0.25) is 0 Å². The lowest BCUT2D eigenvalue weighted by Crippen LogP contribution is -1.97. The molecule has 0 spiro atoms. The van der Waals surface area contributed by atoms with E-state index >= 15 is 0 Å². The summed E-state index contributed by atoms with van der Waals surface area (Å²) in [7, 11) is 0. The van der Waals surface area contributed by atoms with Crippen LogP contribution in [-0.4, -0.2) is 9.97 Å². The van der Waals surface area contributed by atoms with E-state index < -0.39 is 0 Å². The molecule has 18 heavy (non-hydrogen) atoms. The van der Waals surface area contributed by atoms with Crippen LogP contribution in [0, 0.1) is 0 Å². The fourth-order valence-corrected chi connectivity index (χ4v) is 2.10. The van der Waals surface area contributed by atoms with Crippen molar-refractivity contribution in [1.82, 2.24) is 9.97 Å². The van der Waals surface area contributed by atoms with E-state index in [4.69, 9.17) is 5.73 Å². The summed E-state index contributed by atoms with van der Waals surface area (Å²) in [5.74, 6) is 0. The minimum absolute atomic E-state index is 0.504. The minimum Gasteiger partial charge on any atom is -0.326 e. The third-order valence-corrected chi connectivity index (χ3v) is 2.99. The van der Waals surface area contributed by atoms with Gasteiger partial charge in [0.25, 0.3) is 0 Å². The second kappa shape index (κ2) is 4.55. The Morgan fingerprint density at radius 1 is 1.06 bits per heavy atom. The summed E-state index contributed by atoms with van der Waals surface area (Å²) in [6.07, 6.45) is 5.47. The number of fused-ring (bicyclic) bond motifs is 1. The zero-order valence-corrected chi connectivity index (χ0v) is 9.88. The van der Waals surface area contributed by atoms with E-state index in [9.17, 15) is 0 Å². The number of nitrogens with two attached hydrogens (primary N) is 1. The minimum atomic E-state index is 0.504. The maximum Gasteiger partial charge on any atom is 0.0708 e. The van der Waals surface area contributed by atoms with Crippen LogP contribution in [0.25, 0.3) is 22.0 Å². The summed E-state index contributed by atoms with van der Waals surface area (Å²) >= 11 is 0. The van der Waals surface area contributed by atoms with Crippen LogP contribution in [0.2, 0.25) is 0 Å². The monoisotopic (exact) mass is 235 g/mol. The van der Waals surface area contributed by atoms with E-state index in [1.54, 1.807) is 12.4 Å². The Morgan fingerprint density at radius 3 is 2.89 bits per heavy atom. The number of hydrogen-bond donors (Lipinski definition) is 1. The first-order valence-electron chi connectivity index (χ1n) is 5.86. The molecule has 0 atom stereocenters. The van der Waals surface area contributed by atoms with Crippen molar-refractivity contribution in [1.29, 1.82) is 0 Å². The van der Waals surface area contributed by atoms with Gasteiger partial charge in [-0.15, -0.1) is 0 Å². The molecule has 3 nitrogen and oxygen atoms in total. The van der Waals surface area contributed by atoms with E-state index in [1.165, 1.54) is 0 Å². The SMILES string of the molecule is NCc1cncc(-c2cccc3ncccc23)c1. The summed E-state index contributed by atoms with van der Waals surface area (Å²) in [6, 6.07) is 12.2. The van der Waals surface area contributed by atoms with Gasteiger partial charge < -0.3 is 5.73 Å². The molecule has 0 aliphatic carbocycles. The maximum absolute atomic E-state index is 5.66. The summed E-state index contributed by atoms with van der Waals surface area (Å²) in [4.78, 5) is 8.60. The highest BCUT2D eigenvalue weighted by atomic mass is 14.7. The van der Waals surface area contributed by atoms with Gasteiger partial charge in [-0.3, -0.25) is 9.97 Å². The first-order chi connectivity index (χ1) is 8.88. The highest BCUT2D eigenvalue weighted by molar-refractivity contribution is 5.94. The van der Waals surface area contributed by atoms with Gasteiger partial charge in [-0.25, -0.2) is 0 Å². The molecule has 88 valence electrons. The first kappa shape index (κ1) is 10.9. The number of rotatable bonds is 2. The van der Waals surface area contributed by atoms with Crippen molar-refractivity contribution in [2.24, 2.45) is 5.73 Å². The summed E-state index contributed by atoms with van der Waals surface area (Å²) < 4.78 is 0. The van der Waals surface area contributed by atoms with Crippen LogP contribution in [0.1, 0.15) is 5.56 Å². The molecule has 0 radical (unpaired) electrons. The van der Waals surface area contributed by atoms with Crippen molar-refractivity contribution in [2.75, 3.05) is 0 Å². The van der Waals surface area contributed by atoms with Gasteiger partial charge >= 0.3 is 0 Å². The second-order valence-electron chi connectivity index (χ2n) is 4.16. The van der Waals surface area contributed by atoms with Crippen LogP contribution in [0.15, 0.2) is 55.0 Å². The molecule has 1 aromatic carbocycles. The molecule has 3 rings (SSSR count). The molecule has 3 aromatic rings. The second-order valence-corrected chi connectivity index (χ2v) is 4.16. The van der Waals surface area contributed by atoms with Gasteiger partial charge in [0.05, 0.1) is 5.52 Å². The Labute approximate surface area is 105 Å². The Kier molecular flexibility index (Phi) is 2.74. The fraction of sp³-hybridized carbons (Fsp3) is 0.0667. The van der Waals surface area contributed by atoms with Crippen LogP contribution >= 0.6 is 0 Å².